The molecular weight excluding hydrogens is 288 g/mol. The largest absolute Gasteiger partial charge is 0.388 e. The van der Waals surface area contributed by atoms with Gasteiger partial charge in [0.15, 0.2) is 0 Å². The number of hydrogen-bond acceptors (Lipinski definition) is 3. The van der Waals surface area contributed by atoms with E-state index in [1.807, 2.05) is 24.3 Å². The molecule has 0 heterocycles. The maximum atomic E-state index is 10.7. The van der Waals surface area contributed by atoms with E-state index in [-0.39, 0.29) is 11.8 Å². The van der Waals surface area contributed by atoms with Crippen molar-refractivity contribution in [1.29, 1.82) is 0 Å². The monoisotopic (exact) mass is 310 g/mol. The molecule has 0 fully saturated rings. The summed E-state index contributed by atoms with van der Waals surface area (Å²) in [5.41, 5.74) is 0.883. The van der Waals surface area contributed by atoms with Crippen LogP contribution in [0.25, 0.3) is 0 Å². The average molecular weight is 311 g/mol. The van der Waals surface area contributed by atoms with Crippen molar-refractivity contribution in [3.8, 4) is 0 Å². The van der Waals surface area contributed by atoms with Crippen molar-refractivity contribution in [3.63, 3.8) is 0 Å². The number of allylic oxidation sites excluding steroid dienone is 1. The van der Waals surface area contributed by atoms with Crippen LogP contribution in [-0.4, -0.2) is 32.5 Å². The standard InChI is InChI=1S/C17H23ClO3/c1-20-10-13-4-3-5-15(16(13)11-21-2)17(19)12-6-8-14(18)9-7-12/h3,5-9,13,15-17,19H,4,10-11H2,1-2H3/t13?,15-,16-,17+/m0/s1. The molecule has 0 aromatic heterocycles. The van der Waals surface area contributed by atoms with E-state index < -0.39 is 6.10 Å². The van der Waals surface area contributed by atoms with Crippen molar-refractivity contribution in [1.82, 2.24) is 0 Å². The molecule has 4 atom stereocenters. The Hall–Kier alpha value is -0.870. The normalized spacial score (nSPS) is 26.8. The van der Waals surface area contributed by atoms with Gasteiger partial charge in [-0.25, -0.2) is 0 Å². The zero-order valence-electron chi connectivity index (χ0n) is 12.5. The summed E-state index contributed by atoms with van der Waals surface area (Å²) in [6.07, 6.45) is 4.65. The van der Waals surface area contributed by atoms with E-state index in [9.17, 15) is 5.11 Å². The molecule has 1 aliphatic carbocycles. The average Bonchev–Trinajstić information content (AvgIpc) is 2.49. The number of halogens is 1. The minimum atomic E-state index is -0.557. The molecule has 2 rings (SSSR count). The predicted octanol–water partition coefficient (Wildman–Crippen LogP) is 3.47. The van der Waals surface area contributed by atoms with Gasteiger partial charge in [0.2, 0.25) is 0 Å². The van der Waals surface area contributed by atoms with Gasteiger partial charge in [0.05, 0.1) is 12.7 Å². The lowest BCUT2D eigenvalue weighted by Crippen LogP contribution is -2.35. The van der Waals surface area contributed by atoms with Crippen molar-refractivity contribution in [3.05, 3.63) is 47.0 Å². The van der Waals surface area contributed by atoms with E-state index in [0.29, 0.717) is 24.2 Å². The molecule has 1 N–H and O–H groups in total. The van der Waals surface area contributed by atoms with E-state index in [0.717, 1.165) is 12.0 Å². The molecule has 1 unspecified atom stereocenters. The Kier molecular flexibility index (Phi) is 6.24. The molecule has 0 radical (unpaired) electrons. The van der Waals surface area contributed by atoms with Gasteiger partial charge in [-0.2, -0.15) is 0 Å². The van der Waals surface area contributed by atoms with Gasteiger partial charge in [-0.15, -0.1) is 0 Å². The molecule has 0 amide bonds. The van der Waals surface area contributed by atoms with Crippen LogP contribution in [0.5, 0.6) is 0 Å². The minimum Gasteiger partial charge on any atom is -0.388 e. The lowest BCUT2D eigenvalue weighted by atomic mass is 9.73. The number of aliphatic hydroxyl groups is 1. The highest BCUT2D eigenvalue weighted by molar-refractivity contribution is 6.30. The molecular formula is C17H23ClO3. The molecule has 1 aromatic rings. The van der Waals surface area contributed by atoms with Gasteiger partial charge in [0.25, 0.3) is 0 Å². The number of ether oxygens (including phenoxy) is 2. The van der Waals surface area contributed by atoms with E-state index in [2.05, 4.69) is 12.2 Å². The SMILES string of the molecule is COCC1CC=C[C@H]([C@H](O)c2ccc(Cl)cc2)[C@H]1COC. The Balaban J connectivity index is 2.19. The lowest BCUT2D eigenvalue weighted by molar-refractivity contribution is 0.00281. The van der Waals surface area contributed by atoms with Gasteiger partial charge < -0.3 is 14.6 Å². The second-order valence-corrected chi connectivity index (χ2v) is 6.01. The number of methoxy groups -OCH3 is 2. The summed E-state index contributed by atoms with van der Waals surface area (Å²) in [7, 11) is 3.42. The maximum Gasteiger partial charge on any atom is 0.0856 e. The molecule has 21 heavy (non-hydrogen) atoms. The number of aliphatic hydroxyl groups excluding tert-OH is 1. The van der Waals surface area contributed by atoms with E-state index >= 15 is 0 Å². The lowest BCUT2D eigenvalue weighted by Gasteiger charge is -2.36. The van der Waals surface area contributed by atoms with Gasteiger partial charge >= 0.3 is 0 Å². The van der Waals surface area contributed by atoms with E-state index in [4.69, 9.17) is 21.1 Å². The van der Waals surface area contributed by atoms with Crippen LogP contribution in [-0.2, 0) is 9.47 Å². The number of rotatable bonds is 6. The molecule has 0 spiro atoms. The van der Waals surface area contributed by atoms with Crippen LogP contribution in [0.4, 0.5) is 0 Å². The third-order valence-corrected chi connectivity index (χ3v) is 4.46. The van der Waals surface area contributed by atoms with Crippen LogP contribution in [0.15, 0.2) is 36.4 Å². The highest BCUT2D eigenvalue weighted by Crippen LogP contribution is 2.38. The second-order valence-electron chi connectivity index (χ2n) is 5.57. The maximum absolute atomic E-state index is 10.7. The van der Waals surface area contributed by atoms with Gasteiger partial charge in [-0.05, 0) is 36.0 Å². The summed E-state index contributed by atoms with van der Waals surface area (Å²) < 4.78 is 10.7. The molecule has 3 nitrogen and oxygen atoms in total. The van der Waals surface area contributed by atoms with Crippen molar-refractivity contribution < 1.29 is 14.6 Å². The summed E-state index contributed by atoms with van der Waals surface area (Å²) >= 11 is 5.91. The molecule has 0 saturated heterocycles. The fraction of sp³-hybridized carbons (Fsp3) is 0.529. The Morgan fingerprint density at radius 2 is 1.86 bits per heavy atom. The molecule has 116 valence electrons. The van der Waals surface area contributed by atoms with Gasteiger partial charge in [-0.3, -0.25) is 0 Å². The first-order valence-corrected chi connectivity index (χ1v) is 7.63. The van der Waals surface area contributed by atoms with E-state index in [1.54, 1.807) is 14.2 Å². The van der Waals surface area contributed by atoms with Crippen molar-refractivity contribution in [2.75, 3.05) is 27.4 Å². The first kappa shape index (κ1) is 16.5. The third kappa shape index (κ3) is 4.07. The smallest absolute Gasteiger partial charge is 0.0856 e. The summed E-state index contributed by atoms with van der Waals surface area (Å²) in [5, 5.41) is 11.4. The molecule has 0 aliphatic heterocycles. The van der Waals surface area contributed by atoms with Gasteiger partial charge in [0.1, 0.15) is 0 Å². The van der Waals surface area contributed by atoms with Crippen LogP contribution in [0.1, 0.15) is 18.1 Å². The Labute approximate surface area is 131 Å². The van der Waals surface area contributed by atoms with Crippen LogP contribution in [0, 0.1) is 17.8 Å². The molecule has 0 bridgehead atoms. The Bertz CT molecular complexity index is 458. The topological polar surface area (TPSA) is 38.7 Å². The van der Waals surface area contributed by atoms with Gasteiger partial charge in [-0.1, -0.05) is 35.9 Å². The minimum absolute atomic E-state index is 0.0278. The van der Waals surface area contributed by atoms with Crippen LogP contribution in [0.2, 0.25) is 5.02 Å². The fourth-order valence-electron chi connectivity index (χ4n) is 3.11. The second kappa shape index (κ2) is 7.95. The van der Waals surface area contributed by atoms with Crippen molar-refractivity contribution in [2.24, 2.45) is 17.8 Å². The highest BCUT2D eigenvalue weighted by Gasteiger charge is 2.35. The highest BCUT2D eigenvalue weighted by atomic mass is 35.5. The molecule has 4 heteroatoms. The van der Waals surface area contributed by atoms with Crippen molar-refractivity contribution >= 4 is 11.6 Å². The quantitative estimate of drug-likeness (QED) is 0.818. The zero-order valence-corrected chi connectivity index (χ0v) is 13.3. The first-order valence-electron chi connectivity index (χ1n) is 7.25. The summed E-state index contributed by atoms with van der Waals surface area (Å²) in [6, 6.07) is 7.38. The third-order valence-electron chi connectivity index (χ3n) is 4.21. The molecule has 1 aliphatic rings. The first-order chi connectivity index (χ1) is 10.2. The number of benzene rings is 1. The Morgan fingerprint density at radius 1 is 1.19 bits per heavy atom. The molecule has 1 aromatic carbocycles. The van der Waals surface area contributed by atoms with Crippen molar-refractivity contribution in [2.45, 2.75) is 12.5 Å². The summed E-state index contributed by atoms with van der Waals surface area (Å²) in [6.45, 7) is 1.30. The van der Waals surface area contributed by atoms with E-state index in [1.165, 1.54) is 0 Å². The number of hydrogen-bond donors (Lipinski definition) is 1. The summed E-state index contributed by atoms with van der Waals surface area (Å²) in [5.74, 6) is 0.637. The van der Waals surface area contributed by atoms with Crippen LogP contribution >= 0.6 is 11.6 Å². The predicted molar refractivity (Wildman–Crippen MR) is 84.4 cm³/mol. The summed E-state index contributed by atoms with van der Waals surface area (Å²) in [4.78, 5) is 0. The van der Waals surface area contributed by atoms with Crippen LogP contribution in [0.3, 0.4) is 0 Å². The van der Waals surface area contributed by atoms with Gasteiger partial charge in [0, 0.05) is 31.8 Å². The Morgan fingerprint density at radius 3 is 2.48 bits per heavy atom. The van der Waals surface area contributed by atoms with Crippen LogP contribution < -0.4 is 0 Å². The fourth-order valence-corrected chi connectivity index (χ4v) is 3.24. The molecule has 0 saturated carbocycles. The zero-order chi connectivity index (χ0) is 15.2.